The third-order valence-corrected chi connectivity index (χ3v) is 7.53. The zero-order valence-electron chi connectivity index (χ0n) is 19.2. The Bertz CT molecular complexity index is 1030. The predicted molar refractivity (Wildman–Crippen MR) is 126 cm³/mol. The zero-order valence-corrected chi connectivity index (χ0v) is 19.2. The molecule has 3 fully saturated rings. The van der Waals surface area contributed by atoms with Crippen LogP contribution in [0.4, 0.5) is 10.1 Å². The summed E-state index contributed by atoms with van der Waals surface area (Å²) >= 11 is 0. The number of fused-ring (bicyclic) bond motifs is 1. The predicted octanol–water partition coefficient (Wildman–Crippen LogP) is 3.26. The van der Waals surface area contributed by atoms with Crippen LogP contribution in [0.5, 0.6) is 0 Å². The van der Waals surface area contributed by atoms with Gasteiger partial charge in [0.05, 0.1) is 11.8 Å². The first-order chi connectivity index (χ1) is 16.5. The SMILES string of the molecule is O=C(C(Cc1ccccc1)N1C(=O)C2CCCCC2C1=O)N1CCN(c2ccc(F)cc2)CC1. The van der Waals surface area contributed by atoms with E-state index in [0.29, 0.717) is 32.6 Å². The quantitative estimate of drug-likeness (QED) is 0.639. The molecule has 3 aliphatic rings. The van der Waals surface area contributed by atoms with E-state index in [1.807, 2.05) is 30.3 Å². The lowest BCUT2D eigenvalue weighted by Crippen LogP contribution is -2.57. The van der Waals surface area contributed by atoms with Crippen molar-refractivity contribution in [2.75, 3.05) is 31.1 Å². The van der Waals surface area contributed by atoms with Crippen LogP contribution in [0.2, 0.25) is 0 Å². The van der Waals surface area contributed by atoms with E-state index in [4.69, 9.17) is 0 Å². The van der Waals surface area contributed by atoms with Gasteiger partial charge in [0.2, 0.25) is 17.7 Å². The van der Waals surface area contributed by atoms with Crippen molar-refractivity contribution in [3.05, 3.63) is 66.0 Å². The summed E-state index contributed by atoms with van der Waals surface area (Å²) in [5.41, 5.74) is 1.85. The number of benzene rings is 2. The van der Waals surface area contributed by atoms with Crippen molar-refractivity contribution in [1.82, 2.24) is 9.80 Å². The van der Waals surface area contributed by atoms with Crippen molar-refractivity contribution >= 4 is 23.4 Å². The first kappa shape index (κ1) is 22.6. The second kappa shape index (κ2) is 9.57. The van der Waals surface area contributed by atoms with Gasteiger partial charge in [-0.2, -0.15) is 0 Å². The van der Waals surface area contributed by atoms with Gasteiger partial charge >= 0.3 is 0 Å². The molecule has 0 radical (unpaired) electrons. The lowest BCUT2D eigenvalue weighted by molar-refractivity contribution is -0.151. The summed E-state index contributed by atoms with van der Waals surface area (Å²) in [6.07, 6.45) is 3.70. The molecular weight excluding hydrogens is 433 g/mol. The summed E-state index contributed by atoms with van der Waals surface area (Å²) in [6, 6.07) is 15.1. The molecule has 0 N–H and O–H groups in total. The van der Waals surface area contributed by atoms with Gasteiger partial charge in [0.25, 0.3) is 0 Å². The number of imide groups is 1. The second-order valence-corrected chi connectivity index (χ2v) is 9.54. The highest BCUT2D eigenvalue weighted by molar-refractivity contribution is 6.08. The Balaban J connectivity index is 1.35. The molecule has 1 saturated carbocycles. The van der Waals surface area contributed by atoms with Gasteiger partial charge in [-0.25, -0.2) is 4.39 Å². The Labute approximate surface area is 199 Å². The lowest BCUT2D eigenvalue weighted by Gasteiger charge is -2.39. The van der Waals surface area contributed by atoms with E-state index in [-0.39, 0.29) is 35.4 Å². The minimum atomic E-state index is -0.814. The van der Waals surface area contributed by atoms with Gasteiger partial charge < -0.3 is 9.80 Å². The van der Waals surface area contributed by atoms with Gasteiger partial charge in [-0.1, -0.05) is 43.2 Å². The summed E-state index contributed by atoms with van der Waals surface area (Å²) in [7, 11) is 0. The molecule has 2 aliphatic heterocycles. The van der Waals surface area contributed by atoms with Crippen molar-refractivity contribution in [3.63, 3.8) is 0 Å². The van der Waals surface area contributed by atoms with E-state index in [1.54, 1.807) is 17.0 Å². The standard InChI is InChI=1S/C27H30FN3O3/c28-20-10-12-21(13-11-20)29-14-16-30(17-15-29)27(34)24(18-19-6-2-1-3-7-19)31-25(32)22-8-4-5-9-23(22)26(31)33/h1-3,6-7,10-13,22-24H,4-5,8-9,14-18H2. The monoisotopic (exact) mass is 463 g/mol. The average Bonchev–Trinajstić information content (AvgIpc) is 3.13. The van der Waals surface area contributed by atoms with E-state index >= 15 is 0 Å². The Morgan fingerprint density at radius 2 is 1.44 bits per heavy atom. The molecule has 2 aromatic carbocycles. The highest BCUT2D eigenvalue weighted by Gasteiger charge is 2.52. The van der Waals surface area contributed by atoms with Gasteiger partial charge in [-0.05, 0) is 42.7 Å². The largest absolute Gasteiger partial charge is 0.368 e. The molecule has 3 unspecified atom stereocenters. The van der Waals surface area contributed by atoms with Crippen LogP contribution in [0.15, 0.2) is 54.6 Å². The van der Waals surface area contributed by atoms with Crippen LogP contribution in [-0.4, -0.2) is 59.7 Å². The number of carbonyl (C=O) groups excluding carboxylic acids is 3. The summed E-state index contributed by atoms with van der Waals surface area (Å²) in [4.78, 5) is 45.6. The maximum absolute atomic E-state index is 13.8. The van der Waals surface area contributed by atoms with E-state index in [2.05, 4.69) is 4.90 Å². The summed E-state index contributed by atoms with van der Waals surface area (Å²) in [6.45, 7) is 2.21. The van der Waals surface area contributed by atoms with E-state index in [9.17, 15) is 18.8 Å². The number of hydrogen-bond donors (Lipinski definition) is 0. The number of rotatable bonds is 5. The molecule has 178 valence electrons. The van der Waals surface area contributed by atoms with Crippen LogP contribution < -0.4 is 4.90 Å². The summed E-state index contributed by atoms with van der Waals surface area (Å²) in [5, 5.41) is 0. The number of likely N-dealkylation sites (tertiary alicyclic amines) is 1. The van der Waals surface area contributed by atoms with Gasteiger partial charge in [0.1, 0.15) is 11.9 Å². The van der Waals surface area contributed by atoms with Crippen LogP contribution in [-0.2, 0) is 20.8 Å². The van der Waals surface area contributed by atoms with Crippen LogP contribution in [0.3, 0.4) is 0 Å². The molecule has 0 aromatic heterocycles. The molecule has 3 amide bonds. The number of anilines is 1. The minimum absolute atomic E-state index is 0.164. The highest BCUT2D eigenvalue weighted by Crippen LogP contribution is 2.39. The van der Waals surface area contributed by atoms with Crippen LogP contribution in [0.1, 0.15) is 31.2 Å². The third kappa shape index (κ3) is 4.31. The number of halogens is 1. The van der Waals surface area contributed by atoms with Crippen molar-refractivity contribution in [2.45, 2.75) is 38.1 Å². The molecule has 5 rings (SSSR count). The Morgan fingerprint density at radius 3 is 2.03 bits per heavy atom. The number of amides is 3. The van der Waals surface area contributed by atoms with Gasteiger partial charge in [0, 0.05) is 38.3 Å². The molecule has 0 bridgehead atoms. The summed E-state index contributed by atoms with van der Waals surface area (Å²) < 4.78 is 13.3. The molecule has 2 heterocycles. The molecule has 34 heavy (non-hydrogen) atoms. The fourth-order valence-corrected chi connectivity index (χ4v) is 5.67. The molecule has 1 aliphatic carbocycles. The number of hydrogen-bond acceptors (Lipinski definition) is 4. The zero-order chi connectivity index (χ0) is 23.7. The summed E-state index contributed by atoms with van der Waals surface area (Å²) in [5.74, 6) is -1.34. The molecule has 2 aromatic rings. The number of piperazine rings is 1. The van der Waals surface area contributed by atoms with Crippen molar-refractivity contribution in [2.24, 2.45) is 11.8 Å². The van der Waals surface area contributed by atoms with E-state index in [0.717, 1.165) is 36.9 Å². The molecular formula is C27H30FN3O3. The molecule has 0 spiro atoms. The van der Waals surface area contributed by atoms with E-state index < -0.39 is 6.04 Å². The van der Waals surface area contributed by atoms with Crippen molar-refractivity contribution in [1.29, 1.82) is 0 Å². The maximum atomic E-state index is 13.8. The normalized spacial score (nSPS) is 23.7. The lowest BCUT2D eigenvalue weighted by atomic mass is 9.81. The Hall–Kier alpha value is -3.22. The molecule has 3 atom stereocenters. The second-order valence-electron chi connectivity index (χ2n) is 9.54. The first-order valence-electron chi connectivity index (χ1n) is 12.2. The van der Waals surface area contributed by atoms with Crippen LogP contribution in [0.25, 0.3) is 0 Å². The fraction of sp³-hybridized carbons (Fsp3) is 0.444. The van der Waals surface area contributed by atoms with Gasteiger partial charge in [0.15, 0.2) is 0 Å². The van der Waals surface area contributed by atoms with Gasteiger partial charge in [-0.15, -0.1) is 0 Å². The fourth-order valence-electron chi connectivity index (χ4n) is 5.67. The Kier molecular flexibility index (Phi) is 6.35. The first-order valence-corrected chi connectivity index (χ1v) is 12.2. The molecule has 7 heteroatoms. The number of carbonyl (C=O) groups is 3. The average molecular weight is 464 g/mol. The van der Waals surface area contributed by atoms with E-state index in [1.165, 1.54) is 17.0 Å². The topological polar surface area (TPSA) is 60.9 Å². The maximum Gasteiger partial charge on any atom is 0.246 e. The van der Waals surface area contributed by atoms with Crippen LogP contribution >= 0.6 is 0 Å². The molecule has 2 saturated heterocycles. The minimum Gasteiger partial charge on any atom is -0.368 e. The third-order valence-electron chi connectivity index (χ3n) is 7.53. The van der Waals surface area contributed by atoms with Gasteiger partial charge in [-0.3, -0.25) is 19.3 Å². The Morgan fingerprint density at radius 1 is 0.853 bits per heavy atom. The number of nitrogens with zero attached hydrogens (tertiary/aromatic N) is 3. The molecule has 6 nitrogen and oxygen atoms in total. The smallest absolute Gasteiger partial charge is 0.246 e. The van der Waals surface area contributed by atoms with Crippen molar-refractivity contribution in [3.8, 4) is 0 Å². The highest BCUT2D eigenvalue weighted by atomic mass is 19.1. The van der Waals surface area contributed by atoms with Crippen LogP contribution in [0, 0.1) is 17.7 Å². The van der Waals surface area contributed by atoms with Crippen molar-refractivity contribution < 1.29 is 18.8 Å².